The average molecular weight is 363 g/mol. The van der Waals surface area contributed by atoms with Gasteiger partial charge in [0, 0.05) is 44.8 Å². The van der Waals surface area contributed by atoms with Gasteiger partial charge in [-0.1, -0.05) is 0 Å². The standard InChI is InChI=1S/C17H32F3N5/c1-5-21-16(22-12-13(2)23(4)15-6-7-15)25-10-8-24(9-11-25)14(3)17(18,19)20/h13-15H,5-12H2,1-4H3,(H,21,22). The molecule has 2 fully saturated rings. The molecule has 1 saturated heterocycles. The van der Waals surface area contributed by atoms with E-state index >= 15 is 0 Å². The molecule has 0 amide bonds. The minimum absolute atomic E-state index is 0.368. The summed E-state index contributed by atoms with van der Waals surface area (Å²) in [5, 5.41) is 3.28. The zero-order valence-corrected chi connectivity index (χ0v) is 15.8. The second-order valence-electron chi connectivity index (χ2n) is 7.18. The van der Waals surface area contributed by atoms with Crippen LogP contribution >= 0.6 is 0 Å². The van der Waals surface area contributed by atoms with E-state index in [1.54, 1.807) is 0 Å². The number of hydrogen-bond donors (Lipinski definition) is 1. The first kappa shape index (κ1) is 20.3. The van der Waals surface area contributed by atoms with Gasteiger partial charge in [-0.3, -0.25) is 14.8 Å². The summed E-state index contributed by atoms with van der Waals surface area (Å²) in [5.74, 6) is 0.817. The molecule has 25 heavy (non-hydrogen) atoms. The van der Waals surface area contributed by atoms with Crippen molar-refractivity contribution in [3.63, 3.8) is 0 Å². The second kappa shape index (κ2) is 8.58. The van der Waals surface area contributed by atoms with Crippen molar-refractivity contribution < 1.29 is 13.2 Å². The lowest BCUT2D eigenvalue weighted by Gasteiger charge is -2.39. The fraction of sp³-hybridized carbons (Fsp3) is 0.941. The van der Waals surface area contributed by atoms with Gasteiger partial charge in [0.2, 0.25) is 0 Å². The molecule has 0 aromatic rings. The summed E-state index contributed by atoms with van der Waals surface area (Å²) >= 11 is 0. The number of nitrogens with zero attached hydrogens (tertiary/aromatic N) is 4. The van der Waals surface area contributed by atoms with Gasteiger partial charge in [-0.2, -0.15) is 13.2 Å². The Morgan fingerprint density at radius 1 is 1.20 bits per heavy atom. The predicted molar refractivity (Wildman–Crippen MR) is 94.9 cm³/mol. The van der Waals surface area contributed by atoms with Crippen LogP contribution in [0.3, 0.4) is 0 Å². The molecule has 8 heteroatoms. The maximum Gasteiger partial charge on any atom is 0.403 e. The van der Waals surface area contributed by atoms with Crippen LogP contribution in [-0.4, -0.2) is 91.3 Å². The molecule has 2 atom stereocenters. The molecule has 1 saturated carbocycles. The van der Waals surface area contributed by atoms with Crippen molar-refractivity contribution in [1.29, 1.82) is 0 Å². The van der Waals surface area contributed by atoms with Crippen LogP contribution in [0.25, 0.3) is 0 Å². The molecule has 0 spiro atoms. The minimum atomic E-state index is -4.16. The van der Waals surface area contributed by atoms with Gasteiger partial charge in [-0.05, 0) is 40.7 Å². The highest BCUT2D eigenvalue weighted by molar-refractivity contribution is 5.80. The number of rotatable bonds is 6. The van der Waals surface area contributed by atoms with Crippen LogP contribution in [0, 0.1) is 0 Å². The van der Waals surface area contributed by atoms with Crippen molar-refractivity contribution in [1.82, 2.24) is 20.0 Å². The lowest BCUT2D eigenvalue weighted by atomic mass is 10.2. The van der Waals surface area contributed by atoms with Crippen LogP contribution in [0.4, 0.5) is 13.2 Å². The Labute approximate surface area is 149 Å². The fourth-order valence-electron chi connectivity index (χ4n) is 3.14. The summed E-state index contributed by atoms with van der Waals surface area (Å²) < 4.78 is 38.6. The minimum Gasteiger partial charge on any atom is -0.357 e. The van der Waals surface area contributed by atoms with E-state index in [-0.39, 0.29) is 0 Å². The maximum absolute atomic E-state index is 12.9. The Kier molecular flexibility index (Phi) is 6.96. The summed E-state index contributed by atoms with van der Waals surface area (Å²) in [4.78, 5) is 10.7. The molecule has 146 valence electrons. The van der Waals surface area contributed by atoms with E-state index in [0.717, 1.165) is 12.5 Å². The average Bonchev–Trinajstić information content (AvgIpc) is 3.41. The third kappa shape index (κ3) is 5.74. The van der Waals surface area contributed by atoms with Gasteiger partial charge in [-0.25, -0.2) is 0 Å². The largest absolute Gasteiger partial charge is 0.403 e. The summed E-state index contributed by atoms with van der Waals surface area (Å²) in [6.45, 7) is 8.83. The molecule has 0 bridgehead atoms. The summed E-state index contributed by atoms with van der Waals surface area (Å²) in [6, 6.07) is -0.325. The topological polar surface area (TPSA) is 34.1 Å². The number of piperazine rings is 1. The zero-order valence-electron chi connectivity index (χ0n) is 15.8. The molecule has 0 radical (unpaired) electrons. The van der Waals surface area contributed by atoms with Gasteiger partial charge in [-0.15, -0.1) is 0 Å². The van der Waals surface area contributed by atoms with E-state index in [0.29, 0.717) is 44.8 Å². The monoisotopic (exact) mass is 363 g/mol. The van der Waals surface area contributed by atoms with E-state index in [9.17, 15) is 13.2 Å². The zero-order chi connectivity index (χ0) is 18.6. The normalized spacial score (nSPS) is 23.0. The molecule has 5 nitrogen and oxygen atoms in total. The van der Waals surface area contributed by atoms with Crippen molar-refractivity contribution in [3.05, 3.63) is 0 Å². The van der Waals surface area contributed by atoms with Gasteiger partial charge in [0.1, 0.15) is 6.04 Å². The highest BCUT2D eigenvalue weighted by Gasteiger charge is 2.41. The van der Waals surface area contributed by atoms with E-state index in [2.05, 4.69) is 29.1 Å². The Morgan fingerprint density at radius 2 is 1.80 bits per heavy atom. The number of likely N-dealkylation sites (N-methyl/N-ethyl adjacent to an activating group) is 1. The predicted octanol–water partition coefficient (Wildman–Crippen LogP) is 2.00. The number of guanidine groups is 1. The third-order valence-corrected chi connectivity index (χ3v) is 5.29. The maximum atomic E-state index is 12.9. The summed E-state index contributed by atoms with van der Waals surface area (Å²) in [5.41, 5.74) is 0. The van der Waals surface area contributed by atoms with E-state index in [1.165, 1.54) is 24.7 Å². The molecule has 0 aromatic carbocycles. The van der Waals surface area contributed by atoms with Crippen molar-refractivity contribution >= 4 is 5.96 Å². The van der Waals surface area contributed by atoms with Crippen molar-refractivity contribution in [2.24, 2.45) is 4.99 Å². The van der Waals surface area contributed by atoms with Crippen LogP contribution in [0.1, 0.15) is 33.6 Å². The molecule has 2 unspecified atom stereocenters. The van der Waals surface area contributed by atoms with Crippen molar-refractivity contribution in [3.8, 4) is 0 Å². The summed E-state index contributed by atoms with van der Waals surface area (Å²) in [6.07, 6.45) is -1.63. The first-order chi connectivity index (χ1) is 11.7. The molecule has 0 aromatic heterocycles. The Bertz CT molecular complexity index is 442. The lowest BCUT2D eigenvalue weighted by Crippen LogP contribution is -2.56. The molecular weight excluding hydrogens is 331 g/mol. The first-order valence-electron chi connectivity index (χ1n) is 9.30. The van der Waals surface area contributed by atoms with E-state index in [4.69, 9.17) is 4.99 Å². The molecule has 1 aliphatic heterocycles. The Hall–Kier alpha value is -1.02. The van der Waals surface area contributed by atoms with Gasteiger partial charge in [0.15, 0.2) is 5.96 Å². The van der Waals surface area contributed by atoms with E-state index in [1.807, 2.05) is 6.92 Å². The lowest BCUT2D eigenvalue weighted by molar-refractivity contribution is -0.181. The Balaban J connectivity index is 1.89. The molecule has 1 aliphatic carbocycles. The molecule has 2 rings (SSSR count). The molecule has 1 heterocycles. The Morgan fingerprint density at radius 3 is 2.28 bits per heavy atom. The second-order valence-corrected chi connectivity index (χ2v) is 7.18. The number of halogens is 3. The highest BCUT2D eigenvalue weighted by Crippen LogP contribution is 2.27. The van der Waals surface area contributed by atoms with Gasteiger partial charge < -0.3 is 10.2 Å². The van der Waals surface area contributed by atoms with Crippen LogP contribution in [0.2, 0.25) is 0 Å². The van der Waals surface area contributed by atoms with Crippen LogP contribution in [0.5, 0.6) is 0 Å². The van der Waals surface area contributed by atoms with Crippen LogP contribution in [-0.2, 0) is 0 Å². The molecule has 2 aliphatic rings. The van der Waals surface area contributed by atoms with E-state index < -0.39 is 12.2 Å². The molecule has 1 N–H and O–H groups in total. The number of hydrogen-bond acceptors (Lipinski definition) is 3. The number of nitrogens with one attached hydrogen (secondary N) is 1. The first-order valence-corrected chi connectivity index (χ1v) is 9.30. The quantitative estimate of drug-likeness (QED) is 0.578. The molecular formula is C17H32F3N5. The van der Waals surface area contributed by atoms with Crippen LogP contribution in [0.15, 0.2) is 4.99 Å². The summed E-state index contributed by atoms with van der Waals surface area (Å²) in [7, 11) is 2.14. The highest BCUT2D eigenvalue weighted by atomic mass is 19.4. The third-order valence-electron chi connectivity index (χ3n) is 5.29. The van der Waals surface area contributed by atoms with Crippen molar-refractivity contribution in [2.45, 2.75) is 57.9 Å². The van der Waals surface area contributed by atoms with Crippen LogP contribution < -0.4 is 5.32 Å². The van der Waals surface area contributed by atoms with Gasteiger partial charge in [0.25, 0.3) is 0 Å². The van der Waals surface area contributed by atoms with Gasteiger partial charge >= 0.3 is 6.18 Å². The number of aliphatic imine (C=N–C) groups is 1. The van der Waals surface area contributed by atoms with Crippen molar-refractivity contribution in [2.75, 3.05) is 46.3 Å². The SMILES string of the molecule is CCNC(=NCC(C)N(C)C1CC1)N1CCN(C(C)C(F)(F)F)CC1. The fourth-order valence-corrected chi connectivity index (χ4v) is 3.14. The van der Waals surface area contributed by atoms with Gasteiger partial charge in [0.05, 0.1) is 6.54 Å². The number of alkyl halides is 3. The smallest absolute Gasteiger partial charge is 0.357 e.